The number of benzene rings is 1. The molecule has 1 atom stereocenters. The fourth-order valence-electron chi connectivity index (χ4n) is 2.29. The Morgan fingerprint density at radius 2 is 2.10 bits per heavy atom. The first kappa shape index (κ1) is 16.0. The highest BCUT2D eigenvalue weighted by Gasteiger charge is 2.18. The molecule has 1 aromatic heterocycles. The van der Waals surface area contributed by atoms with E-state index in [2.05, 4.69) is 31.6 Å². The smallest absolute Gasteiger partial charge is 0.126 e. The van der Waals surface area contributed by atoms with Crippen LogP contribution in [-0.2, 0) is 12.8 Å². The largest absolute Gasteiger partial charge is 0.271 e. The molecule has 3 N–H and O–H groups in total. The van der Waals surface area contributed by atoms with Crippen molar-refractivity contribution in [2.24, 2.45) is 5.84 Å². The summed E-state index contributed by atoms with van der Waals surface area (Å²) in [6, 6.07) is 6.64. The second-order valence-electron chi connectivity index (χ2n) is 4.90. The molecule has 21 heavy (non-hydrogen) atoms. The molecule has 4 nitrogen and oxygen atoms in total. The summed E-state index contributed by atoms with van der Waals surface area (Å²) in [5, 5.41) is 8.26. The zero-order valence-electron chi connectivity index (χ0n) is 12.0. The van der Waals surface area contributed by atoms with Gasteiger partial charge in [-0.25, -0.2) is 4.39 Å². The average molecular weight is 353 g/mol. The van der Waals surface area contributed by atoms with Crippen LogP contribution in [0.25, 0.3) is 0 Å². The zero-order chi connectivity index (χ0) is 15.4. The number of aryl methyl sites for hydroxylation is 2. The second kappa shape index (κ2) is 7.06. The Hall–Kier alpha value is -1.37. The van der Waals surface area contributed by atoms with Gasteiger partial charge < -0.3 is 0 Å². The molecule has 6 heteroatoms. The van der Waals surface area contributed by atoms with Gasteiger partial charge in [0.2, 0.25) is 0 Å². The second-order valence-corrected chi connectivity index (χ2v) is 5.82. The van der Waals surface area contributed by atoms with E-state index in [4.69, 9.17) is 5.84 Å². The van der Waals surface area contributed by atoms with E-state index in [0.717, 1.165) is 27.8 Å². The number of hydrazine groups is 1. The Balaban J connectivity index is 2.36. The molecule has 1 unspecified atom stereocenters. The molecule has 0 radical (unpaired) electrons. The lowest BCUT2D eigenvalue weighted by molar-refractivity contribution is 0.521. The van der Waals surface area contributed by atoms with E-state index in [9.17, 15) is 4.39 Å². The first-order valence-electron chi connectivity index (χ1n) is 6.78. The Morgan fingerprint density at radius 1 is 1.33 bits per heavy atom. The van der Waals surface area contributed by atoms with Crippen molar-refractivity contribution in [3.05, 3.63) is 57.1 Å². The molecule has 1 aromatic carbocycles. The first-order chi connectivity index (χ1) is 10.0. The Labute approximate surface area is 132 Å². The number of halogens is 2. The summed E-state index contributed by atoms with van der Waals surface area (Å²) in [7, 11) is 0. The van der Waals surface area contributed by atoms with Crippen molar-refractivity contribution in [1.82, 2.24) is 15.6 Å². The summed E-state index contributed by atoms with van der Waals surface area (Å²) in [5.74, 6) is 5.44. The first-order valence-corrected chi connectivity index (χ1v) is 7.57. The number of hydrogen-bond acceptors (Lipinski definition) is 4. The van der Waals surface area contributed by atoms with Crippen LogP contribution in [0.15, 0.2) is 28.7 Å². The maximum atomic E-state index is 13.9. The molecule has 0 aliphatic heterocycles. The fraction of sp³-hybridized carbons (Fsp3) is 0.333. The lowest BCUT2D eigenvalue weighted by atomic mass is 9.97. The van der Waals surface area contributed by atoms with Gasteiger partial charge in [-0.2, -0.15) is 10.2 Å². The van der Waals surface area contributed by atoms with Crippen LogP contribution in [0.1, 0.15) is 35.5 Å². The van der Waals surface area contributed by atoms with Crippen LogP contribution in [-0.4, -0.2) is 10.2 Å². The third kappa shape index (κ3) is 3.84. The van der Waals surface area contributed by atoms with E-state index in [1.807, 2.05) is 19.9 Å². The normalized spacial score (nSPS) is 12.4. The van der Waals surface area contributed by atoms with Crippen molar-refractivity contribution in [3.63, 3.8) is 0 Å². The highest BCUT2D eigenvalue weighted by Crippen LogP contribution is 2.24. The molecule has 2 aromatic rings. The van der Waals surface area contributed by atoms with Crippen molar-refractivity contribution in [1.29, 1.82) is 0 Å². The number of nitrogens with zero attached hydrogens (tertiary/aromatic N) is 2. The lowest BCUT2D eigenvalue weighted by Crippen LogP contribution is -2.31. The number of hydrogen-bond donors (Lipinski definition) is 2. The van der Waals surface area contributed by atoms with Crippen LogP contribution in [0.5, 0.6) is 0 Å². The molecule has 0 saturated carbocycles. The molecule has 112 valence electrons. The summed E-state index contributed by atoms with van der Waals surface area (Å²) >= 11 is 3.36. The van der Waals surface area contributed by atoms with Crippen molar-refractivity contribution >= 4 is 15.9 Å². The van der Waals surface area contributed by atoms with Gasteiger partial charge in [-0.05, 0) is 55.2 Å². The number of nitrogens with two attached hydrogens (primary N) is 1. The molecule has 1 heterocycles. The highest BCUT2D eigenvalue weighted by molar-refractivity contribution is 9.10. The van der Waals surface area contributed by atoms with Crippen LogP contribution < -0.4 is 11.3 Å². The topological polar surface area (TPSA) is 63.8 Å². The molecule has 0 fully saturated rings. The van der Waals surface area contributed by atoms with Gasteiger partial charge in [0.1, 0.15) is 5.82 Å². The molecule has 0 amide bonds. The SMILES string of the molecule is CCc1nnc(C)cc1C(Cc1cc(Br)ccc1F)NN. The van der Waals surface area contributed by atoms with Crippen molar-refractivity contribution < 1.29 is 4.39 Å². The van der Waals surface area contributed by atoms with Gasteiger partial charge in [-0.3, -0.25) is 11.3 Å². The van der Waals surface area contributed by atoms with Gasteiger partial charge in [0.15, 0.2) is 0 Å². The highest BCUT2D eigenvalue weighted by atomic mass is 79.9. The van der Waals surface area contributed by atoms with E-state index >= 15 is 0 Å². The van der Waals surface area contributed by atoms with E-state index in [-0.39, 0.29) is 11.9 Å². The van der Waals surface area contributed by atoms with Crippen molar-refractivity contribution in [3.8, 4) is 0 Å². The molecule has 0 bridgehead atoms. The molecule has 0 aliphatic rings. The minimum absolute atomic E-state index is 0.210. The van der Waals surface area contributed by atoms with Gasteiger partial charge in [-0.1, -0.05) is 22.9 Å². The van der Waals surface area contributed by atoms with Crippen LogP contribution in [0, 0.1) is 12.7 Å². The van der Waals surface area contributed by atoms with Crippen LogP contribution >= 0.6 is 15.9 Å². The minimum atomic E-state index is -0.241. The van der Waals surface area contributed by atoms with Crippen molar-refractivity contribution in [2.45, 2.75) is 32.7 Å². The molecule has 0 aliphatic carbocycles. The fourth-order valence-corrected chi connectivity index (χ4v) is 2.70. The quantitative estimate of drug-likeness (QED) is 0.641. The summed E-state index contributed by atoms with van der Waals surface area (Å²) in [6.45, 7) is 3.89. The molecule has 2 rings (SSSR count). The molecular formula is C15H18BrFN4. The van der Waals surface area contributed by atoms with E-state index in [1.54, 1.807) is 12.1 Å². The summed E-state index contributed by atoms with van der Waals surface area (Å²) in [5.41, 5.74) is 6.02. The van der Waals surface area contributed by atoms with Crippen molar-refractivity contribution in [2.75, 3.05) is 0 Å². The number of nitrogens with one attached hydrogen (secondary N) is 1. The maximum absolute atomic E-state index is 13.9. The molecular weight excluding hydrogens is 335 g/mol. The van der Waals surface area contributed by atoms with Gasteiger partial charge in [-0.15, -0.1) is 0 Å². The summed E-state index contributed by atoms with van der Waals surface area (Å²) in [6.07, 6.45) is 1.20. The predicted octanol–water partition coefficient (Wildman–Crippen LogP) is 3.00. The Morgan fingerprint density at radius 3 is 2.76 bits per heavy atom. The van der Waals surface area contributed by atoms with Crippen LogP contribution in [0.3, 0.4) is 0 Å². The van der Waals surface area contributed by atoms with E-state index < -0.39 is 0 Å². The average Bonchev–Trinajstić information content (AvgIpc) is 2.48. The Kier molecular flexibility index (Phi) is 5.39. The van der Waals surface area contributed by atoms with E-state index in [1.165, 1.54) is 6.07 Å². The minimum Gasteiger partial charge on any atom is -0.271 e. The van der Waals surface area contributed by atoms with Gasteiger partial charge in [0.05, 0.1) is 17.4 Å². The number of aromatic nitrogens is 2. The lowest BCUT2D eigenvalue weighted by Gasteiger charge is -2.19. The van der Waals surface area contributed by atoms with E-state index in [0.29, 0.717) is 12.0 Å². The standard InChI is InChI=1S/C15H18BrFN4/c1-3-14-12(6-9(2)20-21-14)15(19-18)8-10-7-11(16)4-5-13(10)17/h4-7,15,19H,3,8,18H2,1-2H3. The summed E-state index contributed by atoms with van der Waals surface area (Å²) in [4.78, 5) is 0. The van der Waals surface area contributed by atoms with Crippen LogP contribution in [0.2, 0.25) is 0 Å². The van der Waals surface area contributed by atoms with Gasteiger partial charge in [0.25, 0.3) is 0 Å². The zero-order valence-corrected chi connectivity index (χ0v) is 13.6. The third-order valence-electron chi connectivity index (χ3n) is 3.37. The maximum Gasteiger partial charge on any atom is 0.126 e. The monoisotopic (exact) mass is 352 g/mol. The van der Waals surface area contributed by atoms with Gasteiger partial charge in [0, 0.05) is 4.47 Å². The van der Waals surface area contributed by atoms with Crippen LogP contribution in [0.4, 0.5) is 4.39 Å². The predicted molar refractivity (Wildman–Crippen MR) is 84.0 cm³/mol. The Bertz CT molecular complexity index is 633. The molecule has 0 saturated heterocycles. The summed E-state index contributed by atoms with van der Waals surface area (Å²) < 4.78 is 14.8. The number of rotatable bonds is 5. The molecule has 0 spiro atoms. The van der Waals surface area contributed by atoms with Gasteiger partial charge >= 0.3 is 0 Å². The third-order valence-corrected chi connectivity index (χ3v) is 3.86.